The topological polar surface area (TPSA) is 46.9 Å². The average Bonchev–Trinajstić information content (AvgIpc) is 3.07. The van der Waals surface area contributed by atoms with Crippen LogP contribution in [0, 0.1) is 5.82 Å². The van der Waals surface area contributed by atoms with Crippen molar-refractivity contribution >= 4 is 17.5 Å². The van der Waals surface area contributed by atoms with E-state index in [2.05, 4.69) is 10.4 Å². The predicted molar refractivity (Wildman–Crippen MR) is 101 cm³/mol. The van der Waals surface area contributed by atoms with Crippen molar-refractivity contribution in [3.63, 3.8) is 0 Å². The highest BCUT2D eigenvalue weighted by Gasteiger charge is 2.19. The SMILES string of the molecule is CCC(C)NC(=O)c1cc(-c2ccc(F)cc2)nn1-c1cccc(Cl)c1. The molecule has 1 heterocycles. The Morgan fingerprint density at radius 2 is 1.96 bits per heavy atom. The second kappa shape index (κ2) is 7.70. The Labute approximate surface area is 156 Å². The van der Waals surface area contributed by atoms with Crippen molar-refractivity contribution in [2.45, 2.75) is 26.3 Å². The van der Waals surface area contributed by atoms with Crippen molar-refractivity contribution in [1.29, 1.82) is 0 Å². The van der Waals surface area contributed by atoms with Gasteiger partial charge in [-0.2, -0.15) is 5.10 Å². The lowest BCUT2D eigenvalue weighted by atomic mass is 10.1. The number of hydrogen-bond donors (Lipinski definition) is 1. The van der Waals surface area contributed by atoms with E-state index in [9.17, 15) is 9.18 Å². The van der Waals surface area contributed by atoms with Gasteiger partial charge in [-0.15, -0.1) is 0 Å². The van der Waals surface area contributed by atoms with E-state index in [0.717, 1.165) is 12.0 Å². The molecule has 0 aliphatic rings. The third kappa shape index (κ3) is 3.94. The van der Waals surface area contributed by atoms with Crippen LogP contribution >= 0.6 is 11.6 Å². The number of amides is 1. The Hall–Kier alpha value is -2.66. The van der Waals surface area contributed by atoms with Crippen LogP contribution in [0.1, 0.15) is 30.8 Å². The molecule has 0 saturated carbocycles. The first kappa shape index (κ1) is 18.1. The smallest absolute Gasteiger partial charge is 0.270 e. The Morgan fingerprint density at radius 3 is 2.62 bits per heavy atom. The number of nitrogens with one attached hydrogen (secondary N) is 1. The number of carbonyl (C=O) groups is 1. The van der Waals surface area contributed by atoms with Crippen molar-refractivity contribution in [2.24, 2.45) is 0 Å². The van der Waals surface area contributed by atoms with E-state index in [-0.39, 0.29) is 17.8 Å². The number of halogens is 2. The molecule has 0 aliphatic heterocycles. The zero-order valence-corrected chi connectivity index (χ0v) is 15.3. The maximum atomic E-state index is 13.2. The fraction of sp³-hybridized carbons (Fsp3) is 0.200. The lowest BCUT2D eigenvalue weighted by molar-refractivity contribution is 0.0931. The summed E-state index contributed by atoms with van der Waals surface area (Å²) >= 11 is 6.09. The second-order valence-electron chi connectivity index (χ2n) is 6.10. The molecule has 6 heteroatoms. The first-order valence-electron chi connectivity index (χ1n) is 8.40. The molecule has 0 bridgehead atoms. The molecule has 1 atom stereocenters. The zero-order valence-electron chi connectivity index (χ0n) is 14.5. The summed E-state index contributed by atoms with van der Waals surface area (Å²) in [7, 11) is 0. The van der Waals surface area contributed by atoms with Crippen LogP contribution in [0.25, 0.3) is 16.9 Å². The van der Waals surface area contributed by atoms with Crippen LogP contribution in [0.15, 0.2) is 54.6 Å². The molecule has 1 unspecified atom stereocenters. The largest absolute Gasteiger partial charge is 0.348 e. The summed E-state index contributed by atoms with van der Waals surface area (Å²) < 4.78 is 14.8. The van der Waals surface area contributed by atoms with Crippen LogP contribution in [0.2, 0.25) is 5.02 Å². The van der Waals surface area contributed by atoms with Gasteiger partial charge in [0.15, 0.2) is 0 Å². The van der Waals surface area contributed by atoms with E-state index in [1.54, 1.807) is 41.1 Å². The minimum absolute atomic E-state index is 0.0412. The van der Waals surface area contributed by atoms with Crippen LogP contribution in [0.5, 0.6) is 0 Å². The Bertz CT molecular complexity index is 921. The van der Waals surface area contributed by atoms with Crippen molar-refractivity contribution in [3.8, 4) is 16.9 Å². The summed E-state index contributed by atoms with van der Waals surface area (Å²) in [6.45, 7) is 3.95. The van der Waals surface area contributed by atoms with Crippen LogP contribution < -0.4 is 5.32 Å². The molecule has 134 valence electrons. The van der Waals surface area contributed by atoms with Crippen molar-refractivity contribution in [3.05, 3.63) is 71.1 Å². The van der Waals surface area contributed by atoms with Gasteiger partial charge in [-0.3, -0.25) is 4.79 Å². The highest BCUT2D eigenvalue weighted by Crippen LogP contribution is 2.23. The standard InChI is InChI=1S/C20H19ClFN3O/c1-3-13(2)23-20(26)19-12-18(14-7-9-16(22)10-8-14)24-25(19)17-6-4-5-15(21)11-17/h4-13H,3H2,1-2H3,(H,23,26). The maximum Gasteiger partial charge on any atom is 0.270 e. The van der Waals surface area contributed by atoms with Gasteiger partial charge in [0.05, 0.1) is 11.4 Å². The molecule has 3 aromatic rings. The fourth-order valence-corrected chi connectivity index (χ4v) is 2.69. The second-order valence-corrected chi connectivity index (χ2v) is 6.53. The monoisotopic (exact) mass is 371 g/mol. The molecule has 26 heavy (non-hydrogen) atoms. The quantitative estimate of drug-likeness (QED) is 0.696. The van der Waals surface area contributed by atoms with E-state index in [0.29, 0.717) is 22.1 Å². The summed E-state index contributed by atoms with van der Waals surface area (Å²) in [6.07, 6.45) is 0.821. The van der Waals surface area contributed by atoms with Gasteiger partial charge in [0, 0.05) is 16.6 Å². The van der Waals surface area contributed by atoms with Gasteiger partial charge in [-0.1, -0.05) is 24.6 Å². The van der Waals surface area contributed by atoms with Gasteiger partial charge in [-0.25, -0.2) is 9.07 Å². The van der Waals surface area contributed by atoms with E-state index in [4.69, 9.17) is 11.6 Å². The minimum atomic E-state index is -0.322. The van der Waals surface area contributed by atoms with Crippen LogP contribution in [0.4, 0.5) is 4.39 Å². The molecule has 1 amide bonds. The fourth-order valence-electron chi connectivity index (χ4n) is 2.51. The summed E-state index contributed by atoms with van der Waals surface area (Å²) in [5.41, 5.74) is 2.39. The predicted octanol–water partition coefficient (Wildman–Crippen LogP) is 4.86. The molecule has 0 radical (unpaired) electrons. The van der Waals surface area contributed by atoms with Gasteiger partial charge in [0.2, 0.25) is 0 Å². The molecule has 1 aromatic heterocycles. The molecule has 0 fully saturated rings. The van der Waals surface area contributed by atoms with Crippen molar-refractivity contribution in [2.75, 3.05) is 0 Å². The Balaban J connectivity index is 2.08. The molecule has 0 saturated heterocycles. The number of carbonyl (C=O) groups excluding carboxylic acids is 1. The average molecular weight is 372 g/mol. The van der Waals surface area contributed by atoms with Crippen molar-refractivity contribution in [1.82, 2.24) is 15.1 Å². The summed E-state index contributed by atoms with van der Waals surface area (Å²) in [5, 5.41) is 8.05. The minimum Gasteiger partial charge on any atom is -0.348 e. The third-order valence-electron chi connectivity index (χ3n) is 4.12. The number of rotatable bonds is 5. The first-order chi connectivity index (χ1) is 12.5. The van der Waals surface area contributed by atoms with Crippen LogP contribution in [-0.2, 0) is 0 Å². The summed E-state index contributed by atoms with van der Waals surface area (Å²) in [5.74, 6) is -0.544. The molecule has 0 spiro atoms. The van der Waals surface area contributed by atoms with E-state index >= 15 is 0 Å². The highest BCUT2D eigenvalue weighted by molar-refractivity contribution is 6.30. The molecule has 2 aromatic carbocycles. The number of nitrogens with zero attached hydrogens (tertiary/aromatic N) is 2. The van der Waals surface area contributed by atoms with Gasteiger partial charge >= 0.3 is 0 Å². The van der Waals surface area contributed by atoms with Gasteiger partial charge < -0.3 is 5.32 Å². The molecule has 0 aliphatic carbocycles. The van der Waals surface area contributed by atoms with Gasteiger partial charge in [0.1, 0.15) is 11.5 Å². The summed E-state index contributed by atoms with van der Waals surface area (Å²) in [6, 6.07) is 14.9. The zero-order chi connectivity index (χ0) is 18.7. The maximum absolute atomic E-state index is 13.2. The first-order valence-corrected chi connectivity index (χ1v) is 8.78. The number of aromatic nitrogens is 2. The number of benzene rings is 2. The molecular weight excluding hydrogens is 353 g/mol. The Kier molecular flexibility index (Phi) is 5.38. The molecule has 1 N–H and O–H groups in total. The lowest BCUT2D eigenvalue weighted by Gasteiger charge is -2.12. The van der Waals surface area contributed by atoms with E-state index in [1.165, 1.54) is 12.1 Å². The Morgan fingerprint density at radius 1 is 1.23 bits per heavy atom. The normalized spacial score (nSPS) is 12.0. The lowest BCUT2D eigenvalue weighted by Crippen LogP contribution is -2.33. The van der Waals surface area contributed by atoms with Crippen LogP contribution in [-0.4, -0.2) is 21.7 Å². The number of hydrogen-bond acceptors (Lipinski definition) is 2. The van der Waals surface area contributed by atoms with E-state index in [1.807, 2.05) is 19.9 Å². The molecule has 4 nitrogen and oxygen atoms in total. The highest BCUT2D eigenvalue weighted by atomic mass is 35.5. The van der Waals surface area contributed by atoms with Crippen molar-refractivity contribution < 1.29 is 9.18 Å². The van der Waals surface area contributed by atoms with Gasteiger partial charge in [-0.05, 0) is 61.9 Å². The third-order valence-corrected chi connectivity index (χ3v) is 4.36. The van der Waals surface area contributed by atoms with E-state index < -0.39 is 0 Å². The molecular formula is C20H19ClFN3O. The van der Waals surface area contributed by atoms with Gasteiger partial charge in [0.25, 0.3) is 5.91 Å². The van der Waals surface area contributed by atoms with Crippen LogP contribution in [0.3, 0.4) is 0 Å². The summed E-state index contributed by atoms with van der Waals surface area (Å²) in [4.78, 5) is 12.7. The molecule has 3 rings (SSSR count).